The SMILES string of the molecule is CCNS(=O)(=O)c1ccc(CNC(=O)C2(N)CC(OCC)C2(C)C)cc1.Cl. The molecular formula is C18H30ClN3O4S. The van der Waals surface area contributed by atoms with Crippen LogP contribution in [0.3, 0.4) is 0 Å². The van der Waals surface area contributed by atoms with E-state index in [2.05, 4.69) is 10.0 Å². The van der Waals surface area contributed by atoms with Crippen molar-refractivity contribution in [3.8, 4) is 0 Å². The molecule has 1 aromatic carbocycles. The van der Waals surface area contributed by atoms with Gasteiger partial charge in [-0.25, -0.2) is 13.1 Å². The minimum atomic E-state index is -3.47. The van der Waals surface area contributed by atoms with E-state index in [1.54, 1.807) is 19.1 Å². The fraction of sp³-hybridized carbons (Fsp3) is 0.611. The highest BCUT2D eigenvalue weighted by atomic mass is 35.5. The van der Waals surface area contributed by atoms with Crippen LogP contribution in [0.2, 0.25) is 0 Å². The topological polar surface area (TPSA) is 111 Å². The van der Waals surface area contributed by atoms with Crippen LogP contribution < -0.4 is 15.8 Å². The summed E-state index contributed by atoms with van der Waals surface area (Å²) in [5, 5.41) is 2.86. The first kappa shape index (κ1) is 23.8. The fourth-order valence-corrected chi connectivity index (χ4v) is 4.26. The lowest BCUT2D eigenvalue weighted by molar-refractivity contribution is -0.170. The Kier molecular flexibility index (Phi) is 7.84. The molecule has 0 saturated heterocycles. The molecular weight excluding hydrogens is 390 g/mol. The fourth-order valence-electron chi connectivity index (χ4n) is 3.22. The zero-order chi connectivity index (χ0) is 19.6. The number of sulfonamides is 1. The molecule has 4 N–H and O–H groups in total. The van der Waals surface area contributed by atoms with Gasteiger partial charge in [0.05, 0.1) is 11.0 Å². The molecule has 1 aromatic rings. The average Bonchev–Trinajstić information content (AvgIpc) is 2.59. The maximum absolute atomic E-state index is 12.6. The van der Waals surface area contributed by atoms with Gasteiger partial charge in [-0.05, 0) is 24.6 Å². The number of nitrogens with two attached hydrogens (primary N) is 1. The maximum Gasteiger partial charge on any atom is 0.241 e. The maximum atomic E-state index is 12.6. The van der Waals surface area contributed by atoms with Crippen molar-refractivity contribution in [3.63, 3.8) is 0 Å². The van der Waals surface area contributed by atoms with Crippen molar-refractivity contribution < 1.29 is 17.9 Å². The standard InChI is InChI=1S/C18H29N3O4S.ClH/c1-5-21-26(23,24)14-9-7-13(8-10-14)12-20-16(22)18(19)11-15(25-6-2)17(18,3)4;/h7-10,15,21H,5-6,11-12,19H2,1-4H3,(H,20,22);1H. The number of carbonyl (C=O) groups is 1. The number of halogens is 1. The van der Waals surface area contributed by atoms with E-state index < -0.39 is 21.0 Å². The molecule has 1 aliphatic rings. The van der Waals surface area contributed by atoms with Crippen LogP contribution >= 0.6 is 12.4 Å². The molecule has 7 nitrogen and oxygen atoms in total. The highest BCUT2D eigenvalue weighted by Gasteiger charge is 2.62. The van der Waals surface area contributed by atoms with Crippen LogP contribution in [0.1, 0.15) is 39.7 Å². The predicted octanol–water partition coefficient (Wildman–Crippen LogP) is 1.56. The zero-order valence-corrected chi connectivity index (χ0v) is 17.9. The van der Waals surface area contributed by atoms with E-state index in [1.807, 2.05) is 20.8 Å². The van der Waals surface area contributed by atoms with E-state index in [9.17, 15) is 13.2 Å². The van der Waals surface area contributed by atoms with Crippen molar-refractivity contribution in [1.29, 1.82) is 0 Å². The van der Waals surface area contributed by atoms with Crippen LogP contribution in [0, 0.1) is 5.41 Å². The zero-order valence-electron chi connectivity index (χ0n) is 16.2. The number of ether oxygens (including phenoxy) is 1. The Balaban J connectivity index is 0.00000364. The van der Waals surface area contributed by atoms with Gasteiger partial charge in [0.15, 0.2) is 0 Å². The van der Waals surface area contributed by atoms with Gasteiger partial charge in [-0.15, -0.1) is 12.4 Å². The van der Waals surface area contributed by atoms with E-state index >= 15 is 0 Å². The van der Waals surface area contributed by atoms with Gasteiger partial charge in [0, 0.05) is 31.5 Å². The summed E-state index contributed by atoms with van der Waals surface area (Å²) in [4.78, 5) is 12.8. The van der Waals surface area contributed by atoms with Crippen LogP contribution in [-0.2, 0) is 26.1 Å². The molecule has 1 amide bonds. The third-order valence-corrected chi connectivity index (χ3v) is 6.82. The van der Waals surface area contributed by atoms with Gasteiger partial charge >= 0.3 is 0 Å². The number of nitrogens with one attached hydrogen (secondary N) is 2. The van der Waals surface area contributed by atoms with Crippen LogP contribution in [0.4, 0.5) is 0 Å². The summed E-state index contributed by atoms with van der Waals surface area (Å²) in [7, 11) is -3.47. The second kappa shape index (κ2) is 8.87. The van der Waals surface area contributed by atoms with Crippen LogP contribution in [0.5, 0.6) is 0 Å². The lowest BCUT2D eigenvalue weighted by atomic mass is 9.54. The molecule has 0 bridgehead atoms. The number of benzene rings is 1. The molecule has 0 heterocycles. The molecule has 1 aliphatic carbocycles. The molecule has 0 spiro atoms. The van der Waals surface area contributed by atoms with Gasteiger partial charge in [0.25, 0.3) is 0 Å². The summed E-state index contributed by atoms with van der Waals surface area (Å²) in [6.07, 6.45) is 0.457. The molecule has 0 aromatic heterocycles. The summed E-state index contributed by atoms with van der Waals surface area (Å²) in [6.45, 7) is 8.74. The summed E-state index contributed by atoms with van der Waals surface area (Å²) >= 11 is 0. The number of hydrogen-bond donors (Lipinski definition) is 3. The van der Waals surface area contributed by atoms with Gasteiger partial charge in [-0.2, -0.15) is 0 Å². The van der Waals surface area contributed by atoms with Crippen molar-refractivity contribution in [3.05, 3.63) is 29.8 Å². The molecule has 9 heteroatoms. The minimum Gasteiger partial charge on any atom is -0.378 e. The molecule has 2 unspecified atom stereocenters. The van der Waals surface area contributed by atoms with Crippen molar-refractivity contribution in [2.75, 3.05) is 13.2 Å². The van der Waals surface area contributed by atoms with E-state index in [1.165, 1.54) is 12.1 Å². The molecule has 2 atom stereocenters. The Labute approximate surface area is 167 Å². The normalized spacial score (nSPS) is 23.8. The molecule has 27 heavy (non-hydrogen) atoms. The minimum absolute atomic E-state index is 0. The van der Waals surface area contributed by atoms with Crippen molar-refractivity contribution in [1.82, 2.24) is 10.0 Å². The van der Waals surface area contributed by atoms with Crippen LogP contribution in [-0.4, -0.2) is 39.1 Å². The third kappa shape index (κ3) is 4.63. The largest absolute Gasteiger partial charge is 0.378 e. The molecule has 0 radical (unpaired) electrons. The molecule has 1 fully saturated rings. The summed E-state index contributed by atoms with van der Waals surface area (Å²) in [6, 6.07) is 6.41. The first-order valence-electron chi connectivity index (χ1n) is 8.86. The van der Waals surface area contributed by atoms with Gasteiger partial charge in [-0.1, -0.05) is 32.9 Å². The lowest BCUT2D eigenvalue weighted by Gasteiger charge is -2.57. The number of amides is 1. The van der Waals surface area contributed by atoms with Gasteiger partial charge < -0.3 is 15.8 Å². The summed E-state index contributed by atoms with van der Waals surface area (Å²) in [5.41, 5.74) is 5.73. The first-order valence-corrected chi connectivity index (χ1v) is 10.3. The monoisotopic (exact) mass is 419 g/mol. The van der Waals surface area contributed by atoms with Crippen molar-refractivity contribution >= 4 is 28.3 Å². The Morgan fingerprint density at radius 3 is 2.33 bits per heavy atom. The Bertz CT molecular complexity index is 752. The van der Waals surface area contributed by atoms with Crippen LogP contribution in [0.15, 0.2) is 29.2 Å². The van der Waals surface area contributed by atoms with Gasteiger partial charge in [-0.3, -0.25) is 4.79 Å². The lowest BCUT2D eigenvalue weighted by Crippen LogP contribution is -2.75. The third-order valence-electron chi connectivity index (χ3n) is 5.26. The number of rotatable bonds is 8. The van der Waals surface area contributed by atoms with Gasteiger partial charge in [0.1, 0.15) is 5.54 Å². The summed E-state index contributed by atoms with van der Waals surface area (Å²) < 4.78 is 32.0. The second-order valence-corrected chi connectivity index (χ2v) is 8.94. The molecule has 154 valence electrons. The Morgan fingerprint density at radius 2 is 1.85 bits per heavy atom. The highest BCUT2D eigenvalue weighted by molar-refractivity contribution is 7.89. The predicted molar refractivity (Wildman–Crippen MR) is 107 cm³/mol. The molecule has 2 rings (SSSR count). The average molecular weight is 420 g/mol. The van der Waals surface area contributed by atoms with E-state index in [-0.39, 0.29) is 35.9 Å². The van der Waals surface area contributed by atoms with Crippen molar-refractivity contribution in [2.45, 2.75) is 57.2 Å². The Morgan fingerprint density at radius 1 is 1.26 bits per heavy atom. The molecule has 0 aliphatic heterocycles. The Hall–Kier alpha value is -1.19. The quantitative estimate of drug-likeness (QED) is 0.592. The molecule has 1 saturated carbocycles. The smallest absolute Gasteiger partial charge is 0.241 e. The summed E-state index contributed by atoms with van der Waals surface area (Å²) in [5.74, 6) is -0.220. The van der Waals surface area contributed by atoms with E-state index in [0.29, 0.717) is 19.6 Å². The van der Waals surface area contributed by atoms with E-state index in [0.717, 1.165) is 5.56 Å². The van der Waals surface area contributed by atoms with E-state index in [4.69, 9.17) is 10.5 Å². The van der Waals surface area contributed by atoms with Gasteiger partial charge in [0.2, 0.25) is 15.9 Å². The number of hydrogen-bond acceptors (Lipinski definition) is 5. The first-order chi connectivity index (χ1) is 12.1. The second-order valence-electron chi connectivity index (χ2n) is 7.17. The number of carbonyl (C=O) groups excluding carboxylic acids is 1. The van der Waals surface area contributed by atoms with Crippen LogP contribution in [0.25, 0.3) is 0 Å². The highest BCUT2D eigenvalue weighted by Crippen LogP contribution is 2.49. The van der Waals surface area contributed by atoms with Crippen molar-refractivity contribution in [2.24, 2.45) is 11.1 Å².